The van der Waals surface area contributed by atoms with E-state index in [1.54, 1.807) is 0 Å². The van der Waals surface area contributed by atoms with Gasteiger partial charge in [-0.1, -0.05) is 36.6 Å². The summed E-state index contributed by atoms with van der Waals surface area (Å²) in [5.74, 6) is 0.317. The lowest BCUT2D eigenvalue weighted by molar-refractivity contribution is -0.124. The van der Waals surface area contributed by atoms with Gasteiger partial charge in [-0.15, -0.1) is 0 Å². The highest BCUT2D eigenvalue weighted by atomic mass is 35.5. The Morgan fingerprint density at radius 1 is 1.13 bits per heavy atom. The van der Waals surface area contributed by atoms with Crippen molar-refractivity contribution >= 4 is 27.3 Å². The van der Waals surface area contributed by atoms with E-state index in [2.05, 4.69) is 5.32 Å². The molecule has 1 saturated carbocycles. The lowest BCUT2D eigenvalue weighted by atomic mass is 9.84. The molecule has 0 aromatic heterocycles. The van der Waals surface area contributed by atoms with E-state index in [0.717, 1.165) is 31.2 Å². The van der Waals surface area contributed by atoms with Crippen LogP contribution in [0.5, 0.6) is 0 Å². The van der Waals surface area contributed by atoms with E-state index < -0.39 is 9.84 Å². The maximum absolute atomic E-state index is 12.8. The Balaban J connectivity index is 1.77. The van der Waals surface area contributed by atoms with E-state index in [0.29, 0.717) is 17.4 Å². The average molecular weight is 356 g/mol. The molecule has 0 bridgehead atoms. The summed E-state index contributed by atoms with van der Waals surface area (Å²) in [5.41, 5.74) is 0.972. The van der Waals surface area contributed by atoms with E-state index in [9.17, 15) is 13.2 Å². The number of carbonyl (C=O) groups is 1. The maximum atomic E-state index is 12.8. The number of carbonyl (C=O) groups excluding carboxylic acids is 1. The first-order valence-corrected chi connectivity index (χ1v) is 10.4. The molecular formula is C17H22ClNO3S. The highest BCUT2D eigenvalue weighted by molar-refractivity contribution is 7.91. The number of sulfone groups is 1. The molecule has 23 heavy (non-hydrogen) atoms. The Hall–Kier alpha value is -1.07. The van der Waals surface area contributed by atoms with E-state index in [1.807, 2.05) is 24.3 Å². The molecule has 0 radical (unpaired) electrons. The van der Waals surface area contributed by atoms with Crippen molar-refractivity contribution in [3.8, 4) is 0 Å². The van der Waals surface area contributed by atoms with Crippen LogP contribution in [0, 0.1) is 5.92 Å². The normalized spacial score (nSPS) is 25.3. The summed E-state index contributed by atoms with van der Waals surface area (Å²) >= 11 is 5.96. The van der Waals surface area contributed by atoms with Crippen LogP contribution >= 0.6 is 11.6 Å². The van der Waals surface area contributed by atoms with Crippen LogP contribution in [-0.4, -0.2) is 31.9 Å². The highest BCUT2D eigenvalue weighted by Crippen LogP contribution is 2.38. The van der Waals surface area contributed by atoms with Crippen LogP contribution in [0.15, 0.2) is 24.3 Å². The van der Waals surface area contributed by atoms with E-state index >= 15 is 0 Å². The van der Waals surface area contributed by atoms with Gasteiger partial charge >= 0.3 is 0 Å². The largest absolute Gasteiger partial charge is 0.352 e. The maximum Gasteiger partial charge on any atom is 0.228 e. The predicted octanol–water partition coefficient (Wildman–Crippen LogP) is 2.92. The standard InChI is InChI=1S/C17H22ClNO3S/c18-14-7-5-13(6-8-14)16(12-3-1-2-4-12)17(20)19-15-9-10-23(21,22)11-15/h5-8,12,15-16H,1-4,9-11H2,(H,19,20). The van der Waals surface area contributed by atoms with Gasteiger partial charge in [0.25, 0.3) is 0 Å². The first-order chi connectivity index (χ1) is 10.9. The van der Waals surface area contributed by atoms with Gasteiger partial charge in [0.15, 0.2) is 9.84 Å². The number of nitrogens with one attached hydrogen (secondary N) is 1. The van der Waals surface area contributed by atoms with Crippen LogP contribution < -0.4 is 5.32 Å². The Labute approximate surface area is 142 Å². The van der Waals surface area contributed by atoms with Crippen LogP contribution in [-0.2, 0) is 14.6 Å². The summed E-state index contributed by atoms with van der Waals surface area (Å²) in [7, 11) is -2.99. The molecule has 6 heteroatoms. The summed E-state index contributed by atoms with van der Waals surface area (Å²) in [6.45, 7) is 0. The van der Waals surface area contributed by atoms with Crippen molar-refractivity contribution in [2.45, 2.75) is 44.1 Å². The molecule has 0 spiro atoms. The number of rotatable bonds is 4. The molecule has 2 aliphatic rings. The predicted molar refractivity (Wildman–Crippen MR) is 91.4 cm³/mol. The Bertz CT molecular complexity index is 666. The second-order valence-electron chi connectivity index (χ2n) is 6.68. The minimum atomic E-state index is -2.99. The molecule has 1 saturated heterocycles. The summed E-state index contributed by atoms with van der Waals surface area (Å²) < 4.78 is 23.2. The Morgan fingerprint density at radius 3 is 2.35 bits per heavy atom. The molecule has 2 fully saturated rings. The smallest absolute Gasteiger partial charge is 0.228 e. The number of hydrogen-bond donors (Lipinski definition) is 1. The fraction of sp³-hybridized carbons (Fsp3) is 0.588. The third-order valence-electron chi connectivity index (χ3n) is 4.96. The molecule has 1 amide bonds. The van der Waals surface area contributed by atoms with Crippen LogP contribution in [0.25, 0.3) is 0 Å². The molecule has 3 rings (SSSR count). The third-order valence-corrected chi connectivity index (χ3v) is 6.98. The Kier molecular flexibility index (Phi) is 4.97. The summed E-state index contributed by atoms with van der Waals surface area (Å²) in [6.07, 6.45) is 4.92. The van der Waals surface area contributed by atoms with E-state index in [4.69, 9.17) is 11.6 Å². The highest BCUT2D eigenvalue weighted by Gasteiger charge is 2.35. The molecule has 1 N–H and O–H groups in total. The second-order valence-corrected chi connectivity index (χ2v) is 9.35. The number of hydrogen-bond acceptors (Lipinski definition) is 3. The zero-order valence-corrected chi connectivity index (χ0v) is 14.6. The molecule has 1 aliphatic heterocycles. The second kappa shape index (κ2) is 6.81. The molecule has 2 unspecified atom stereocenters. The Morgan fingerprint density at radius 2 is 1.78 bits per heavy atom. The molecule has 1 aromatic carbocycles. The van der Waals surface area contributed by atoms with Gasteiger partial charge < -0.3 is 5.32 Å². The van der Waals surface area contributed by atoms with Crippen LogP contribution in [0.1, 0.15) is 43.6 Å². The van der Waals surface area contributed by atoms with Gasteiger partial charge in [0.1, 0.15) is 0 Å². The monoisotopic (exact) mass is 355 g/mol. The summed E-state index contributed by atoms with van der Waals surface area (Å²) in [5, 5.41) is 3.63. The fourth-order valence-electron chi connectivity index (χ4n) is 3.80. The topological polar surface area (TPSA) is 63.2 Å². The number of amides is 1. The molecule has 126 valence electrons. The molecular weight excluding hydrogens is 334 g/mol. The van der Waals surface area contributed by atoms with E-state index in [1.165, 1.54) is 0 Å². The van der Waals surface area contributed by atoms with Crippen LogP contribution in [0.4, 0.5) is 0 Å². The minimum Gasteiger partial charge on any atom is -0.352 e. The molecule has 1 aromatic rings. The molecule has 1 aliphatic carbocycles. The average Bonchev–Trinajstić information content (AvgIpc) is 3.11. The zero-order valence-electron chi connectivity index (χ0n) is 13.0. The fourth-order valence-corrected chi connectivity index (χ4v) is 5.60. The van der Waals surface area contributed by atoms with Crippen molar-refractivity contribution in [1.82, 2.24) is 5.32 Å². The van der Waals surface area contributed by atoms with Crippen molar-refractivity contribution in [2.75, 3.05) is 11.5 Å². The SMILES string of the molecule is O=C(NC1CCS(=O)(=O)C1)C(c1ccc(Cl)cc1)C1CCCC1. The molecule has 4 nitrogen and oxygen atoms in total. The van der Waals surface area contributed by atoms with Crippen LogP contribution in [0.2, 0.25) is 5.02 Å². The van der Waals surface area contributed by atoms with Gasteiger partial charge in [-0.2, -0.15) is 0 Å². The summed E-state index contributed by atoms with van der Waals surface area (Å²) in [4.78, 5) is 12.8. The van der Waals surface area contributed by atoms with Crippen molar-refractivity contribution in [3.63, 3.8) is 0 Å². The first kappa shape index (κ1) is 16.8. The van der Waals surface area contributed by atoms with Crippen molar-refractivity contribution in [3.05, 3.63) is 34.9 Å². The molecule has 1 heterocycles. The molecule has 2 atom stereocenters. The minimum absolute atomic E-state index is 0.0404. The summed E-state index contributed by atoms with van der Waals surface area (Å²) in [6, 6.07) is 7.20. The quantitative estimate of drug-likeness (QED) is 0.903. The van der Waals surface area contributed by atoms with Gasteiger partial charge in [0.05, 0.1) is 17.4 Å². The number of halogens is 1. The van der Waals surface area contributed by atoms with Crippen molar-refractivity contribution in [1.29, 1.82) is 0 Å². The van der Waals surface area contributed by atoms with Gasteiger partial charge in [0, 0.05) is 11.1 Å². The number of benzene rings is 1. The zero-order chi connectivity index (χ0) is 16.4. The lowest BCUT2D eigenvalue weighted by Gasteiger charge is -2.25. The lowest BCUT2D eigenvalue weighted by Crippen LogP contribution is -2.40. The van der Waals surface area contributed by atoms with Gasteiger partial charge in [0.2, 0.25) is 5.91 Å². The van der Waals surface area contributed by atoms with Gasteiger partial charge in [-0.05, 0) is 42.9 Å². The first-order valence-electron chi connectivity index (χ1n) is 8.21. The van der Waals surface area contributed by atoms with Crippen LogP contribution in [0.3, 0.4) is 0 Å². The van der Waals surface area contributed by atoms with Gasteiger partial charge in [-0.3, -0.25) is 4.79 Å². The third kappa shape index (κ3) is 4.07. The van der Waals surface area contributed by atoms with E-state index in [-0.39, 0.29) is 29.4 Å². The van der Waals surface area contributed by atoms with Gasteiger partial charge in [-0.25, -0.2) is 8.42 Å². The van der Waals surface area contributed by atoms with Crippen molar-refractivity contribution < 1.29 is 13.2 Å². The van der Waals surface area contributed by atoms with Crippen molar-refractivity contribution in [2.24, 2.45) is 5.92 Å².